The molecule has 0 saturated heterocycles. The molecule has 0 aliphatic heterocycles. The van der Waals surface area contributed by atoms with Gasteiger partial charge in [0, 0.05) is 0 Å². The van der Waals surface area contributed by atoms with E-state index in [2.05, 4.69) is 0 Å². The number of phenols is 1. The summed E-state index contributed by atoms with van der Waals surface area (Å²) >= 11 is 0. The SMILES string of the molecule is COc1ccccc1O.[CaH2]. The predicted octanol–water partition coefficient (Wildman–Crippen LogP) is 0.485. The molecule has 0 amide bonds. The molecule has 52 valence electrons. The zero-order valence-corrected chi connectivity index (χ0v) is 5.16. The summed E-state index contributed by atoms with van der Waals surface area (Å²) in [4.78, 5) is 0. The fraction of sp³-hybridized carbons (Fsp3) is 0.143. The number of aromatic hydroxyl groups is 1. The molecule has 2 nitrogen and oxygen atoms in total. The van der Waals surface area contributed by atoms with Crippen molar-refractivity contribution < 1.29 is 9.84 Å². The summed E-state index contributed by atoms with van der Waals surface area (Å²) in [5, 5.41) is 8.99. The number of hydrogen-bond donors (Lipinski definition) is 1. The number of benzene rings is 1. The predicted molar refractivity (Wildman–Crippen MR) is 43.2 cm³/mol. The van der Waals surface area contributed by atoms with E-state index in [1.54, 1.807) is 24.3 Å². The molecule has 1 N–H and O–H groups in total. The first kappa shape index (κ1) is 10.1. The van der Waals surface area contributed by atoms with Crippen LogP contribution < -0.4 is 4.74 Å². The molecule has 0 heterocycles. The Balaban J connectivity index is 0.000000810. The first-order valence-corrected chi connectivity index (χ1v) is 2.66. The number of hydrogen-bond acceptors (Lipinski definition) is 2. The molecular weight excluding hydrogens is 156 g/mol. The summed E-state index contributed by atoms with van der Waals surface area (Å²) < 4.78 is 4.79. The van der Waals surface area contributed by atoms with Gasteiger partial charge in [-0.05, 0) is 12.1 Å². The molecule has 0 saturated carbocycles. The summed E-state index contributed by atoms with van der Waals surface area (Å²) in [6.07, 6.45) is 0. The molecule has 0 aliphatic carbocycles. The number of ether oxygens (including phenoxy) is 1. The Labute approximate surface area is 89.8 Å². The van der Waals surface area contributed by atoms with Crippen LogP contribution in [0.2, 0.25) is 0 Å². The number of phenolic OH excluding ortho intramolecular Hbond substituents is 1. The monoisotopic (exact) mass is 166 g/mol. The molecule has 0 aliphatic rings. The van der Waals surface area contributed by atoms with Gasteiger partial charge in [0.15, 0.2) is 11.5 Å². The van der Waals surface area contributed by atoms with E-state index in [-0.39, 0.29) is 43.5 Å². The van der Waals surface area contributed by atoms with Crippen LogP contribution in [0.5, 0.6) is 11.5 Å². The van der Waals surface area contributed by atoms with E-state index in [4.69, 9.17) is 9.84 Å². The van der Waals surface area contributed by atoms with Crippen molar-refractivity contribution in [2.75, 3.05) is 7.11 Å². The van der Waals surface area contributed by atoms with Crippen LogP contribution >= 0.6 is 0 Å². The first-order chi connectivity index (χ1) is 4.34. The molecule has 0 radical (unpaired) electrons. The Kier molecular flexibility index (Phi) is 4.87. The van der Waals surface area contributed by atoms with Gasteiger partial charge in [0.2, 0.25) is 0 Å². The van der Waals surface area contributed by atoms with Crippen molar-refractivity contribution in [3.63, 3.8) is 0 Å². The zero-order valence-electron chi connectivity index (χ0n) is 5.16. The summed E-state index contributed by atoms with van der Waals surface area (Å²) in [6.45, 7) is 0. The van der Waals surface area contributed by atoms with Gasteiger partial charge in [-0.15, -0.1) is 0 Å². The molecule has 10 heavy (non-hydrogen) atoms. The van der Waals surface area contributed by atoms with Gasteiger partial charge in [-0.1, -0.05) is 12.1 Å². The molecule has 1 aromatic carbocycles. The zero-order chi connectivity index (χ0) is 6.69. The fourth-order valence-electron chi connectivity index (χ4n) is 0.630. The van der Waals surface area contributed by atoms with Crippen LogP contribution in [0.4, 0.5) is 0 Å². The summed E-state index contributed by atoms with van der Waals surface area (Å²) in [6, 6.07) is 6.84. The van der Waals surface area contributed by atoms with Crippen LogP contribution in [0.15, 0.2) is 24.3 Å². The van der Waals surface area contributed by atoms with Gasteiger partial charge in [0.1, 0.15) is 0 Å². The molecule has 1 rings (SSSR count). The third-order valence-electron chi connectivity index (χ3n) is 1.09. The van der Waals surface area contributed by atoms with Crippen LogP contribution in [0, 0.1) is 0 Å². The van der Waals surface area contributed by atoms with Gasteiger partial charge in [0.25, 0.3) is 0 Å². The molecule has 1 aromatic rings. The summed E-state index contributed by atoms with van der Waals surface area (Å²) in [5.74, 6) is 0.692. The van der Waals surface area contributed by atoms with Crippen molar-refractivity contribution in [1.29, 1.82) is 0 Å². The third-order valence-corrected chi connectivity index (χ3v) is 1.09. The quantitative estimate of drug-likeness (QED) is 0.615. The van der Waals surface area contributed by atoms with E-state index in [1.807, 2.05) is 0 Å². The standard InChI is InChI=1S/C7H8O2.Ca.2H/c1-9-7-5-3-2-4-6(7)8;;;/h2-5,8H,1H3;;;. The van der Waals surface area contributed by atoms with E-state index in [9.17, 15) is 0 Å². The average molecular weight is 166 g/mol. The average Bonchev–Trinajstić information content (AvgIpc) is 1.89. The van der Waals surface area contributed by atoms with Crippen LogP contribution in [0.1, 0.15) is 0 Å². The normalized spacial score (nSPS) is 8.10. The van der Waals surface area contributed by atoms with Crippen molar-refractivity contribution in [1.82, 2.24) is 0 Å². The van der Waals surface area contributed by atoms with Crippen molar-refractivity contribution in [3.8, 4) is 11.5 Å². The number of rotatable bonds is 1. The third kappa shape index (κ3) is 2.37. The van der Waals surface area contributed by atoms with Gasteiger partial charge in [-0.25, -0.2) is 0 Å². The van der Waals surface area contributed by atoms with Crippen LogP contribution in [0.3, 0.4) is 0 Å². The van der Waals surface area contributed by atoms with E-state index in [0.717, 1.165) is 0 Å². The van der Waals surface area contributed by atoms with Crippen LogP contribution in [0.25, 0.3) is 0 Å². The second kappa shape index (κ2) is 4.83. The van der Waals surface area contributed by atoms with Crippen LogP contribution in [-0.4, -0.2) is 50.0 Å². The molecule has 0 aromatic heterocycles. The molecule has 0 atom stereocenters. The van der Waals surface area contributed by atoms with Crippen molar-refractivity contribution in [2.45, 2.75) is 0 Å². The second-order valence-electron chi connectivity index (χ2n) is 1.67. The molecule has 0 fully saturated rings. The Morgan fingerprint density at radius 3 is 2.30 bits per heavy atom. The summed E-state index contributed by atoms with van der Waals surface area (Å²) in [7, 11) is 1.52. The van der Waals surface area contributed by atoms with Crippen LogP contribution in [-0.2, 0) is 0 Å². The number of para-hydroxylation sites is 2. The van der Waals surface area contributed by atoms with Gasteiger partial charge < -0.3 is 9.84 Å². The van der Waals surface area contributed by atoms with Crippen molar-refractivity contribution in [3.05, 3.63) is 24.3 Å². The Morgan fingerprint density at radius 1 is 1.30 bits per heavy atom. The molecule has 3 heteroatoms. The van der Waals surface area contributed by atoms with Gasteiger partial charge in [-0.2, -0.15) is 0 Å². The fourth-order valence-corrected chi connectivity index (χ4v) is 0.630. The van der Waals surface area contributed by atoms with Gasteiger partial charge in [-0.3, -0.25) is 0 Å². The Morgan fingerprint density at radius 2 is 1.90 bits per heavy atom. The molecule has 0 spiro atoms. The topological polar surface area (TPSA) is 29.5 Å². The maximum absolute atomic E-state index is 8.99. The Bertz CT molecular complexity index is 201. The van der Waals surface area contributed by atoms with E-state index in [0.29, 0.717) is 5.75 Å². The van der Waals surface area contributed by atoms with Gasteiger partial charge in [0.05, 0.1) is 7.11 Å². The maximum atomic E-state index is 8.99. The minimum absolute atomic E-state index is 0. The minimum atomic E-state index is 0. The Hall–Kier alpha value is 0.0797. The van der Waals surface area contributed by atoms with Crippen molar-refractivity contribution in [2.24, 2.45) is 0 Å². The van der Waals surface area contributed by atoms with E-state index < -0.39 is 0 Å². The van der Waals surface area contributed by atoms with E-state index >= 15 is 0 Å². The molecular formula is C7H10CaO2. The van der Waals surface area contributed by atoms with Gasteiger partial charge >= 0.3 is 37.7 Å². The van der Waals surface area contributed by atoms with Crippen molar-refractivity contribution >= 4 is 37.7 Å². The number of methoxy groups -OCH3 is 1. The summed E-state index contributed by atoms with van der Waals surface area (Å²) in [5.41, 5.74) is 0. The second-order valence-corrected chi connectivity index (χ2v) is 1.67. The molecule has 0 bridgehead atoms. The van der Waals surface area contributed by atoms with E-state index in [1.165, 1.54) is 7.11 Å². The first-order valence-electron chi connectivity index (χ1n) is 2.66. The molecule has 0 unspecified atom stereocenters.